The maximum atomic E-state index is 14.8. The molecule has 0 radical (unpaired) electrons. The molecule has 2 aliphatic heterocycles. The fourth-order valence-corrected chi connectivity index (χ4v) is 5.99. The minimum Gasteiger partial charge on any atom is -0.507 e. The van der Waals surface area contributed by atoms with E-state index in [1.807, 2.05) is 0 Å². The number of carbonyl (C=O) groups is 2. The van der Waals surface area contributed by atoms with Crippen LogP contribution in [0.1, 0.15) is 30.5 Å². The first-order valence-electron chi connectivity index (χ1n) is 10.2. The zero-order valence-electron chi connectivity index (χ0n) is 17.3. The van der Waals surface area contributed by atoms with Crippen molar-refractivity contribution in [3.8, 4) is 5.75 Å². The molecule has 0 aromatic heterocycles. The number of carbonyl (C=O) groups excluding carboxylic acids is 2. The summed E-state index contributed by atoms with van der Waals surface area (Å²) in [5, 5.41) is 11.1. The number of sulfone groups is 1. The molecule has 2 unspecified atom stereocenters. The molecule has 2 heterocycles. The van der Waals surface area contributed by atoms with Crippen LogP contribution < -0.4 is 4.74 Å². The number of likely N-dealkylation sites (tertiary alicyclic amines) is 1. The normalized spacial score (nSPS) is 24.1. The van der Waals surface area contributed by atoms with Gasteiger partial charge in [0.2, 0.25) is 0 Å². The standard InChI is InChI=1S/C23H22FNO6S/c1-2-31-16-7-5-6-14(12-16)21(26)19-20(17-8-3-4-9-18(17)24)25(23(28)22(19)27)15-10-11-32(29,30)13-15/h3-9,12,15,20,26H,2,10-11,13H2,1H3/b21-19-. The summed E-state index contributed by atoms with van der Waals surface area (Å²) >= 11 is 0. The number of halogens is 1. The number of hydrogen-bond acceptors (Lipinski definition) is 6. The van der Waals surface area contributed by atoms with E-state index in [2.05, 4.69) is 0 Å². The molecule has 9 heteroatoms. The zero-order chi connectivity index (χ0) is 23.0. The van der Waals surface area contributed by atoms with Crippen LogP contribution in [0.3, 0.4) is 0 Å². The molecule has 2 aliphatic rings. The van der Waals surface area contributed by atoms with Crippen molar-refractivity contribution in [2.45, 2.75) is 25.4 Å². The third-order valence-corrected chi connectivity index (χ3v) is 7.45. The van der Waals surface area contributed by atoms with E-state index in [1.165, 1.54) is 24.3 Å². The highest BCUT2D eigenvalue weighted by Crippen LogP contribution is 2.43. The number of rotatable bonds is 5. The molecule has 2 atom stereocenters. The number of ether oxygens (including phenoxy) is 1. The lowest BCUT2D eigenvalue weighted by Crippen LogP contribution is -2.40. The number of aliphatic hydroxyl groups is 1. The summed E-state index contributed by atoms with van der Waals surface area (Å²) in [5.74, 6) is -3.06. The summed E-state index contributed by atoms with van der Waals surface area (Å²) in [6.45, 7) is 2.19. The van der Waals surface area contributed by atoms with Crippen LogP contribution in [-0.2, 0) is 19.4 Å². The average Bonchev–Trinajstić information content (AvgIpc) is 3.24. The number of aliphatic hydroxyl groups excluding tert-OH is 1. The zero-order valence-corrected chi connectivity index (χ0v) is 18.1. The molecule has 1 N–H and O–H groups in total. The van der Waals surface area contributed by atoms with E-state index in [0.717, 1.165) is 4.90 Å². The number of nitrogens with zero attached hydrogens (tertiary/aromatic N) is 1. The van der Waals surface area contributed by atoms with Crippen molar-refractivity contribution in [2.24, 2.45) is 0 Å². The Labute approximate surface area is 185 Å². The first kappa shape index (κ1) is 22.0. The van der Waals surface area contributed by atoms with E-state index in [9.17, 15) is 27.5 Å². The first-order chi connectivity index (χ1) is 15.2. The lowest BCUT2D eigenvalue weighted by molar-refractivity contribution is -0.141. The summed E-state index contributed by atoms with van der Waals surface area (Å²) in [4.78, 5) is 27.2. The Morgan fingerprint density at radius 3 is 2.59 bits per heavy atom. The van der Waals surface area contributed by atoms with Gasteiger partial charge in [-0.15, -0.1) is 0 Å². The minimum atomic E-state index is -3.39. The van der Waals surface area contributed by atoms with Crippen LogP contribution in [0.4, 0.5) is 4.39 Å². The molecule has 0 saturated carbocycles. The van der Waals surface area contributed by atoms with Crippen LogP contribution in [0, 0.1) is 5.82 Å². The lowest BCUT2D eigenvalue weighted by atomic mass is 9.94. The van der Waals surface area contributed by atoms with Gasteiger partial charge in [0.1, 0.15) is 17.3 Å². The quantitative estimate of drug-likeness (QED) is 0.419. The van der Waals surface area contributed by atoms with Crippen molar-refractivity contribution in [3.63, 3.8) is 0 Å². The SMILES string of the molecule is CCOc1cccc(/C(O)=C2/C(=O)C(=O)N(C3CCS(=O)(=O)C3)C2c2ccccc2F)c1. The molecule has 0 spiro atoms. The fourth-order valence-electron chi connectivity index (χ4n) is 4.28. The van der Waals surface area contributed by atoms with Gasteiger partial charge in [-0.2, -0.15) is 0 Å². The summed E-state index contributed by atoms with van der Waals surface area (Å²) in [5.41, 5.74) is -0.0362. The van der Waals surface area contributed by atoms with E-state index in [-0.39, 0.29) is 34.6 Å². The molecule has 4 rings (SSSR count). The molecule has 2 aromatic rings. The van der Waals surface area contributed by atoms with Gasteiger partial charge in [0.25, 0.3) is 11.7 Å². The monoisotopic (exact) mass is 459 g/mol. The average molecular weight is 459 g/mol. The summed E-state index contributed by atoms with van der Waals surface area (Å²) < 4.78 is 44.4. The Kier molecular flexibility index (Phi) is 5.77. The second-order valence-corrected chi connectivity index (χ2v) is 9.97. The van der Waals surface area contributed by atoms with Crippen molar-refractivity contribution < 1.29 is 32.2 Å². The third kappa shape index (κ3) is 3.88. The van der Waals surface area contributed by atoms with Crippen LogP contribution in [0.15, 0.2) is 54.1 Å². The topological polar surface area (TPSA) is 101 Å². The van der Waals surface area contributed by atoms with Crippen LogP contribution in [0.5, 0.6) is 5.75 Å². The molecular weight excluding hydrogens is 437 g/mol. The van der Waals surface area contributed by atoms with E-state index in [1.54, 1.807) is 31.2 Å². The van der Waals surface area contributed by atoms with Crippen LogP contribution in [-0.4, -0.2) is 54.3 Å². The minimum absolute atomic E-state index is 0.0125. The van der Waals surface area contributed by atoms with E-state index >= 15 is 0 Å². The van der Waals surface area contributed by atoms with Crippen LogP contribution >= 0.6 is 0 Å². The molecule has 2 fully saturated rings. The van der Waals surface area contributed by atoms with Crippen molar-refractivity contribution >= 4 is 27.3 Å². The maximum absolute atomic E-state index is 14.8. The van der Waals surface area contributed by atoms with Gasteiger partial charge in [-0.25, -0.2) is 12.8 Å². The van der Waals surface area contributed by atoms with Crippen LogP contribution in [0.25, 0.3) is 5.76 Å². The predicted octanol–water partition coefficient (Wildman–Crippen LogP) is 2.83. The highest BCUT2D eigenvalue weighted by Gasteiger charge is 2.51. The second-order valence-electron chi connectivity index (χ2n) is 7.75. The molecule has 7 nitrogen and oxygen atoms in total. The molecule has 2 saturated heterocycles. The van der Waals surface area contributed by atoms with Gasteiger partial charge >= 0.3 is 0 Å². The van der Waals surface area contributed by atoms with E-state index in [4.69, 9.17) is 4.74 Å². The van der Waals surface area contributed by atoms with Crippen LogP contribution in [0.2, 0.25) is 0 Å². The number of amides is 1. The second kappa shape index (κ2) is 8.38. The van der Waals surface area contributed by atoms with E-state index in [0.29, 0.717) is 12.4 Å². The van der Waals surface area contributed by atoms with Crippen molar-refractivity contribution in [2.75, 3.05) is 18.1 Å². The third-order valence-electron chi connectivity index (χ3n) is 5.70. The smallest absolute Gasteiger partial charge is 0.295 e. The van der Waals surface area contributed by atoms with Gasteiger partial charge in [-0.1, -0.05) is 30.3 Å². The van der Waals surface area contributed by atoms with Gasteiger partial charge in [-0.05, 0) is 31.5 Å². The summed E-state index contributed by atoms with van der Waals surface area (Å²) in [7, 11) is -3.39. The highest BCUT2D eigenvalue weighted by molar-refractivity contribution is 7.91. The number of hydrogen-bond donors (Lipinski definition) is 1. The Morgan fingerprint density at radius 2 is 1.94 bits per heavy atom. The molecule has 0 bridgehead atoms. The Balaban J connectivity index is 1.89. The first-order valence-corrected chi connectivity index (χ1v) is 12.0. The van der Waals surface area contributed by atoms with Gasteiger partial charge in [0.05, 0.1) is 29.7 Å². The van der Waals surface area contributed by atoms with Crippen molar-refractivity contribution in [1.82, 2.24) is 4.90 Å². The molecule has 32 heavy (non-hydrogen) atoms. The van der Waals surface area contributed by atoms with Crippen molar-refractivity contribution in [1.29, 1.82) is 0 Å². The Morgan fingerprint density at radius 1 is 1.19 bits per heavy atom. The summed E-state index contributed by atoms with van der Waals surface area (Å²) in [6, 6.07) is 9.97. The molecule has 2 aromatic carbocycles. The predicted molar refractivity (Wildman–Crippen MR) is 115 cm³/mol. The molecule has 1 amide bonds. The fraction of sp³-hybridized carbons (Fsp3) is 0.304. The maximum Gasteiger partial charge on any atom is 0.295 e. The molecule has 168 valence electrons. The highest BCUT2D eigenvalue weighted by atomic mass is 32.2. The van der Waals surface area contributed by atoms with Gasteiger partial charge in [-0.3, -0.25) is 9.59 Å². The number of ketones is 1. The largest absolute Gasteiger partial charge is 0.507 e. The van der Waals surface area contributed by atoms with Gasteiger partial charge in [0.15, 0.2) is 9.84 Å². The Hall–Kier alpha value is -3.20. The lowest BCUT2D eigenvalue weighted by Gasteiger charge is -2.30. The van der Waals surface area contributed by atoms with Gasteiger partial charge in [0, 0.05) is 17.2 Å². The molecule has 0 aliphatic carbocycles. The number of Topliss-reactive ketones (excluding diaryl/α,β-unsaturated/α-hetero) is 1. The summed E-state index contributed by atoms with van der Waals surface area (Å²) in [6.07, 6.45) is 0.139. The van der Waals surface area contributed by atoms with Gasteiger partial charge < -0.3 is 14.7 Å². The Bertz CT molecular complexity index is 1220. The van der Waals surface area contributed by atoms with E-state index < -0.39 is 45.2 Å². The molecular formula is C23H22FNO6S. The number of benzene rings is 2. The van der Waals surface area contributed by atoms with Crippen molar-refractivity contribution in [3.05, 3.63) is 71.0 Å².